The van der Waals surface area contributed by atoms with Crippen LogP contribution in [0.2, 0.25) is 0 Å². The van der Waals surface area contributed by atoms with Gasteiger partial charge in [0.05, 0.1) is 0 Å². The molecular formula is C14H12FN3. The Labute approximate surface area is 105 Å². The number of hydrogen-bond donors (Lipinski definition) is 0. The number of benzene rings is 1. The van der Waals surface area contributed by atoms with Crippen LogP contribution in [0.3, 0.4) is 0 Å². The van der Waals surface area contributed by atoms with E-state index < -0.39 is 0 Å². The number of anilines is 1. The van der Waals surface area contributed by atoms with E-state index in [-0.39, 0.29) is 5.82 Å². The average Bonchev–Trinajstić information content (AvgIpc) is 2.41. The minimum Gasteiger partial charge on any atom is -0.355 e. The Bertz CT molecular complexity index is 590. The summed E-state index contributed by atoms with van der Waals surface area (Å²) in [5, 5.41) is 8.79. The quantitative estimate of drug-likeness (QED) is 0.829. The van der Waals surface area contributed by atoms with E-state index in [1.807, 2.05) is 13.1 Å². The first kappa shape index (κ1) is 12.1. The first-order chi connectivity index (χ1) is 8.70. The first-order valence-electron chi connectivity index (χ1n) is 5.52. The Balaban J connectivity index is 2.20. The molecule has 0 aliphatic rings. The van der Waals surface area contributed by atoms with Gasteiger partial charge in [0.25, 0.3) is 0 Å². The molecule has 0 aliphatic heterocycles. The maximum atomic E-state index is 13.5. The van der Waals surface area contributed by atoms with Crippen LogP contribution in [0, 0.1) is 17.1 Å². The third-order valence-electron chi connectivity index (χ3n) is 2.61. The fourth-order valence-corrected chi connectivity index (χ4v) is 1.66. The van der Waals surface area contributed by atoms with Gasteiger partial charge in [-0.25, -0.2) is 9.37 Å². The molecule has 2 rings (SSSR count). The Morgan fingerprint density at radius 1 is 1.22 bits per heavy atom. The highest BCUT2D eigenvalue weighted by Gasteiger charge is 2.07. The third kappa shape index (κ3) is 2.64. The second-order valence-electron chi connectivity index (χ2n) is 3.94. The molecule has 3 nitrogen and oxygen atoms in total. The zero-order chi connectivity index (χ0) is 13.0. The lowest BCUT2D eigenvalue weighted by Crippen LogP contribution is -2.18. The number of nitriles is 1. The van der Waals surface area contributed by atoms with E-state index in [1.165, 1.54) is 6.07 Å². The Morgan fingerprint density at radius 2 is 2.00 bits per heavy atom. The molecule has 90 valence electrons. The number of hydrogen-bond acceptors (Lipinski definition) is 3. The summed E-state index contributed by atoms with van der Waals surface area (Å²) in [7, 11) is 1.82. The number of pyridine rings is 1. The smallest absolute Gasteiger partial charge is 0.142 e. The molecule has 0 atom stereocenters. The van der Waals surface area contributed by atoms with Gasteiger partial charge in [-0.15, -0.1) is 0 Å². The van der Waals surface area contributed by atoms with Crippen molar-refractivity contribution >= 4 is 5.82 Å². The number of aromatic nitrogens is 1. The van der Waals surface area contributed by atoms with Crippen LogP contribution in [0.1, 0.15) is 11.3 Å². The van der Waals surface area contributed by atoms with Gasteiger partial charge in [-0.1, -0.05) is 24.3 Å². The van der Waals surface area contributed by atoms with Crippen molar-refractivity contribution in [2.45, 2.75) is 6.54 Å². The van der Waals surface area contributed by atoms with Gasteiger partial charge in [-0.3, -0.25) is 0 Å². The van der Waals surface area contributed by atoms with Gasteiger partial charge in [0, 0.05) is 19.2 Å². The van der Waals surface area contributed by atoms with Crippen molar-refractivity contribution in [2.24, 2.45) is 0 Å². The van der Waals surface area contributed by atoms with Crippen LogP contribution in [0.25, 0.3) is 0 Å². The monoisotopic (exact) mass is 241 g/mol. The van der Waals surface area contributed by atoms with Crippen molar-refractivity contribution in [1.29, 1.82) is 5.26 Å². The topological polar surface area (TPSA) is 39.9 Å². The summed E-state index contributed by atoms with van der Waals surface area (Å²) >= 11 is 0. The highest BCUT2D eigenvalue weighted by atomic mass is 19.1. The summed E-state index contributed by atoms with van der Waals surface area (Å²) in [6.45, 7) is 0.411. The molecule has 0 bridgehead atoms. The highest BCUT2D eigenvalue weighted by molar-refractivity contribution is 5.41. The molecule has 1 aromatic heterocycles. The minimum absolute atomic E-state index is 0.235. The molecule has 4 heteroatoms. The van der Waals surface area contributed by atoms with Crippen LogP contribution < -0.4 is 4.90 Å². The zero-order valence-electron chi connectivity index (χ0n) is 9.97. The largest absolute Gasteiger partial charge is 0.355 e. The number of rotatable bonds is 3. The fraction of sp³-hybridized carbons (Fsp3) is 0.143. The zero-order valence-corrected chi connectivity index (χ0v) is 9.97. The first-order valence-corrected chi connectivity index (χ1v) is 5.52. The van der Waals surface area contributed by atoms with Crippen molar-refractivity contribution in [3.8, 4) is 6.07 Å². The van der Waals surface area contributed by atoms with Gasteiger partial charge in [0.2, 0.25) is 0 Å². The van der Waals surface area contributed by atoms with Gasteiger partial charge in [0.1, 0.15) is 23.4 Å². The van der Waals surface area contributed by atoms with E-state index in [0.29, 0.717) is 23.6 Å². The molecule has 18 heavy (non-hydrogen) atoms. The standard InChI is InChI=1S/C14H12FN3/c1-18(10-11-5-2-3-7-13(11)15)14-8-4-6-12(9-16)17-14/h2-8H,10H2,1H3. The van der Waals surface area contributed by atoms with Crippen LogP contribution in [0.15, 0.2) is 42.5 Å². The lowest BCUT2D eigenvalue weighted by molar-refractivity contribution is 0.607. The van der Waals surface area contributed by atoms with Crippen LogP contribution in [-0.2, 0) is 6.54 Å². The van der Waals surface area contributed by atoms with Crippen LogP contribution in [0.4, 0.5) is 10.2 Å². The van der Waals surface area contributed by atoms with Crippen molar-refractivity contribution in [3.63, 3.8) is 0 Å². The van der Waals surface area contributed by atoms with E-state index in [4.69, 9.17) is 5.26 Å². The number of nitrogens with zero attached hydrogens (tertiary/aromatic N) is 3. The average molecular weight is 241 g/mol. The van der Waals surface area contributed by atoms with E-state index in [9.17, 15) is 4.39 Å². The lowest BCUT2D eigenvalue weighted by atomic mass is 10.2. The van der Waals surface area contributed by atoms with Gasteiger partial charge in [0.15, 0.2) is 0 Å². The molecule has 1 heterocycles. The molecule has 0 amide bonds. The summed E-state index contributed by atoms with van der Waals surface area (Å²) < 4.78 is 13.5. The predicted molar refractivity (Wildman–Crippen MR) is 67.5 cm³/mol. The van der Waals surface area contributed by atoms with Crippen LogP contribution in [0.5, 0.6) is 0 Å². The van der Waals surface area contributed by atoms with Crippen LogP contribution in [-0.4, -0.2) is 12.0 Å². The third-order valence-corrected chi connectivity index (χ3v) is 2.61. The van der Waals surface area contributed by atoms with E-state index >= 15 is 0 Å². The normalized spacial score (nSPS) is 9.83. The maximum Gasteiger partial charge on any atom is 0.142 e. The van der Waals surface area contributed by atoms with Crippen molar-refractivity contribution in [2.75, 3.05) is 11.9 Å². The minimum atomic E-state index is -0.235. The maximum absolute atomic E-state index is 13.5. The van der Waals surface area contributed by atoms with Crippen molar-refractivity contribution < 1.29 is 4.39 Å². The van der Waals surface area contributed by atoms with Crippen molar-refractivity contribution in [3.05, 3.63) is 59.5 Å². The fourth-order valence-electron chi connectivity index (χ4n) is 1.66. The second kappa shape index (κ2) is 5.28. The van der Waals surface area contributed by atoms with E-state index in [0.717, 1.165) is 0 Å². The van der Waals surface area contributed by atoms with Gasteiger partial charge < -0.3 is 4.90 Å². The van der Waals surface area contributed by atoms with Crippen LogP contribution >= 0.6 is 0 Å². The molecule has 0 saturated heterocycles. The molecule has 0 fully saturated rings. The van der Waals surface area contributed by atoms with Gasteiger partial charge in [-0.2, -0.15) is 5.26 Å². The van der Waals surface area contributed by atoms with E-state index in [2.05, 4.69) is 4.98 Å². The summed E-state index contributed by atoms with van der Waals surface area (Å²) in [5.74, 6) is 0.415. The van der Waals surface area contributed by atoms with Gasteiger partial charge in [-0.05, 0) is 18.2 Å². The van der Waals surface area contributed by atoms with Gasteiger partial charge >= 0.3 is 0 Å². The molecule has 0 radical (unpaired) electrons. The molecule has 0 unspecified atom stereocenters. The molecule has 1 aromatic carbocycles. The lowest BCUT2D eigenvalue weighted by Gasteiger charge is -2.18. The summed E-state index contributed by atoms with van der Waals surface area (Å²) in [4.78, 5) is 5.96. The summed E-state index contributed by atoms with van der Waals surface area (Å²) in [5.41, 5.74) is 0.956. The van der Waals surface area contributed by atoms with Crippen molar-refractivity contribution in [1.82, 2.24) is 4.98 Å². The summed E-state index contributed by atoms with van der Waals surface area (Å²) in [6.07, 6.45) is 0. The molecule has 0 spiro atoms. The molecule has 0 N–H and O–H groups in total. The molecule has 2 aromatic rings. The SMILES string of the molecule is CN(Cc1ccccc1F)c1cccc(C#N)n1. The highest BCUT2D eigenvalue weighted by Crippen LogP contribution is 2.15. The Kier molecular flexibility index (Phi) is 3.54. The molecule has 0 aliphatic carbocycles. The number of halogens is 1. The van der Waals surface area contributed by atoms with E-state index in [1.54, 1.807) is 41.3 Å². The molecule has 0 saturated carbocycles. The second-order valence-corrected chi connectivity index (χ2v) is 3.94. The summed E-state index contributed by atoms with van der Waals surface area (Å²) in [6, 6.07) is 13.8. The predicted octanol–water partition coefficient (Wildman–Crippen LogP) is 2.73. The molecular weight excluding hydrogens is 229 g/mol. The Morgan fingerprint density at radius 3 is 2.72 bits per heavy atom. The Hall–Kier alpha value is -2.41.